The zero-order valence-corrected chi connectivity index (χ0v) is 9.61. The molecule has 5 heteroatoms. The third kappa shape index (κ3) is 2.08. The second-order valence-corrected chi connectivity index (χ2v) is 4.88. The van der Waals surface area contributed by atoms with Crippen LogP contribution in [0.1, 0.15) is 6.42 Å². The van der Waals surface area contributed by atoms with E-state index in [-0.39, 0.29) is 5.91 Å². The van der Waals surface area contributed by atoms with E-state index in [2.05, 4.69) is 0 Å². The number of carbonyl (C=O) groups excluding carboxylic acids is 1. The molecule has 0 spiro atoms. The molecule has 0 unspecified atom stereocenters. The number of nitrogens with two attached hydrogens (primary N) is 1. The first kappa shape index (κ1) is 10.3. The minimum Gasteiger partial charge on any atom is -0.370 e. The molecule has 0 radical (unpaired) electrons. The van der Waals surface area contributed by atoms with Crippen LogP contribution >= 0.6 is 23.6 Å². The topological polar surface area (TPSA) is 48.0 Å². The van der Waals surface area contributed by atoms with Gasteiger partial charge in [0.2, 0.25) is 5.91 Å². The van der Waals surface area contributed by atoms with Gasteiger partial charge in [-0.2, -0.15) is 0 Å². The van der Waals surface area contributed by atoms with Crippen molar-refractivity contribution >= 4 is 39.7 Å². The van der Waals surface area contributed by atoms with Crippen molar-refractivity contribution in [3.05, 3.63) is 28.2 Å². The third-order valence-electron chi connectivity index (χ3n) is 2.16. The Morgan fingerprint density at radius 3 is 2.93 bits per heavy atom. The predicted octanol–water partition coefficient (Wildman–Crippen LogP) is 2.31. The summed E-state index contributed by atoms with van der Waals surface area (Å²) in [6.07, 6.45) is 0.328. The van der Waals surface area contributed by atoms with Crippen LogP contribution in [0.25, 0.3) is 10.2 Å². The molecule has 2 N–H and O–H groups in total. The summed E-state index contributed by atoms with van der Waals surface area (Å²) in [6.45, 7) is 0.568. The van der Waals surface area contributed by atoms with Gasteiger partial charge in [-0.25, -0.2) is 0 Å². The van der Waals surface area contributed by atoms with Crippen LogP contribution < -0.4 is 5.73 Å². The van der Waals surface area contributed by atoms with Gasteiger partial charge in [-0.15, -0.1) is 11.3 Å². The molecule has 0 saturated heterocycles. The van der Waals surface area contributed by atoms with E-state index >= 15 is 0 Å². The van der Waals surface area contributed by atoms with Gasteiger partial charge in [0.15, 0.2) is 3.95 Å². The number of rotatable bonds is 3. The first-order valence-corrected chi connectivity index (χ1v) is 5.77. The van der Waals surface area contributed by atoms with Crippen LogP contribution in [0.4, 0.5) is 0 Å². The van der Waals surface area contributed by atoms with Gasteiger partial charge in [0.05, 0.1) is 10.2 Å². The van der Waals surface area contributed by atoms with Gasteiger partial charge in [0.1, 0.15) is 0 Å². The molecule has 15 heavy (non-hydrogen) atoms. The Labute approximate surface area is 96.1 Å². The summed E-state index contributed by atoms with van der Waals surface area (Å²) in [4.78, 5) is 10.7. The first-order valence-electron chi connectivity index (χ1n) is 4.55. The maximum Gasteiger partial charge on any atom is 0.219 e. The Kier molecular flexibility index (Phi) is 2.83. The number of primary amides is 1. The number of hydrogen-bond donors (Lipinski definition) is 1. The fourth-order valence-electron chi connectivity index (χ4n) is 1.45. The average Bonchev–Trinajstić information content (AvgIpc) is 2.50. The van der Waals surface area contributed by atoms with Gasteiger partial charge >= 0.3 is 0 Å². The Morgan fingerprint density at radius 1 is 1.47 bits per heavy atom. The lowest BCUT2D eigenvalue weighted by atomic mass is 10.3. The maximum absolute atomic E-state index is 10.7. The number of nitrogens with zero attached hydrogens (tertiary/aromatic N) is 1. The van der Waals surface area contributed by atoms with Crippen LogP contribution in [-0.2, 0) is 11.3 Å². The molecule has 0 fully saturated rings. The van der Waals surface area contributed by atoms with Crippen molar-refractivity contribution in [2.24, 2.45) is 5.73 Å². The Bertz CT molecular complexity index is 556. The smallest absolute Gasteiger partial charge is 0.219 e. The van der Waals surface area contributed by atoms with Crippen molar-refractivity contribution in [1.29, 1.82) is 0 Å². The molecule has 1 heterocycles. The van der Waals surface area contributed by atoms with Crippen molar-refractivity contribution in [3.8, 4) is 0 Å². The molecule has 0 aliphatic rings. The van der Waals surface area contributed by atoms with Crippen LogP contribution in [-0.4, -0.2) is 10.5 Å². The van der Waals surface area contributed by atoms with E-state index in [0.717, 1.165) is 14.2 Å². The van der Waals surface area contributed by atoms with E-state index in [9.17, 15) is 4.79 Å². The quantitative estimate of drug-likeness (QED) is 0.834. The van der Waals surface area contributed by atoms with E-state index < -0.39 is 0 Å². The molecule has 2 rings (SSSR count). The minimum absolute atomic E-state index is 0.299. The predicted molar refractivity (Wildman–Crippen MR) is 64.5 cm³/mol. The van der Waals surface area contributed by atoms with Gasteiger partial charge in [-0.1, -0.05) is 12.1 Å². The second kappa shape index (κ2) is 4.12. The molecule has 1 aromatic heterocycles. The molecule has 0 atom stereocenters. The number of aryl methyl sites for hydroxylation is 1. The number of aromatic nitrogens is 1. The summed E-state index contributed by atoms with van der Waals surface area (Å²) in [5.41, 5.74) is 6.20. The van der Waals surface area contributed by atoms with Crippen LogP contribution in [0.3, 0.4) is 0 Å². The number of thiazole rings is 1. The summed E-state index contributed by atoms with van der Waals surface area (Å²) in [5.74, 6) is -0.299. The fourth-order valence-corrected chi connectivity index (χ4v) is 2.82. The van der Waals surface area contributed by atoms with E-state index in [4.69, 9.17) is 18.0 Å². The third-order valence-corrected chi connectivity index (χ3v) is 3.59. The highest BCUT2D eigenvalue weighted by atomic mass is 32.1. The van der Waals surface area contributed by atoms with Crippen LogP contribution in [0.2, 0.25) is 0 Å². The fraction of sp³-hybridized carbons (Fsp3) is 0.200. The minimum atomic E-state index is -0.299. The number of amides is 1. The monoisotopic (exact) mass is 238 g/mol. The lowest BCUT2D eigenvalue weighted by Crippen LogP contribution is -2.13. The van der Waals surface area contributed by atoms with Crippen LogP contribution in [0.5, 0.6) is 0 Å². The number of benzene rings is 1. The van der Waals surface area contributed by atoms with E-state index in [1.54, 1.807) is 11.3 Å². The van der Waals surface area contributed by atoms with Gasteiger partial charge in [-0.05, 0) is 24.4 Å². The lowest BCUT2D eigenvalue weighted by Gasteiger charge is -2.01. The van der Waals surface area contributed by atoms with Gasteiger partial charge < -0.3 is 10.3 Å². The maximum atomic E-state index is 10.7. The number of hydrogen-bond acceptors (Lipinski definition) is 3. The van der Waals surface area contributed by atoms with Crippen molar-refractivity contribution in [2.75, 3.05) is 0 Å². The zero-order valence-electron chi connectivity index (χ0n) is 7.97. The zero-order chi connectivity index (χ0) is 10.8. The SMILES string of the molecule is NC(=O)CCn1c(=S)sc2ccccc21. The average molecular weight is 238 g/mol. The molecule has 2 aromatic rings. The molecule has 0 saturated carbocycles. The van der Waals surface area contributed by atoms with Crippen molar-refractivity contribution in [3.63, 3.8) is 0 Å². The first-order chi connectivity index (χ1) is 7.18. The van der Waals surface area contributed by atoms with Gasteiger partial charge in [0.25, 0.3) is 0 Å². The highest BCUT2D eigenvalue weighted by molar-refractivity contribution is 7.73. The van der Waals surface area contributed by atoms with Crippen molar-refractivity contribution in [2.45, 2.75) is 13.0 Å². The molecule has 3 nitrogen and oxygen atoms in total. The Morgan fingerprint density at radius 2 is 2.20 bits per heavy atom. The summed E-state index contributed by atoms with van der Waals surface area (Å²) in [7, 11) is 0. The molecule has 78 valence electrons. The van der Waals surface area contributed by atoms with E-state index in [0.29, 0.717) is 13.0 Å². The molecule has 0 aliphatic heterocycles. The van der Waals surface area contributed by atoms with E-state index in [1.807, 2.05) is 28.8 Å². The normalized spacial score (nSPS) is 10.7. The number of para-hydroxylation sites is 1. The Hall–Kier alpha value is -1.20. The van der Waals surface area contributed by atoms with Crippen molar-refractivity contribution in [1.82, 2.24) is 4.57 Å². The summed E-state index contributed by atoms with van der Waals surface area (Å²) >= 11 is 6.79. The number of fused-ring (bicyclic) bond motifs is 1. The standard InChI is InChI=1S/C10H10N2OS2/c11-9(13)5-6-12-7-3-1-2-4-8(7)15-10(12)14/h1-4H,5-6H2,(H2,11,13). The van der Waals surface area contributed by atoms with E-state index in [1.165, 1.54) is 0 Å². The Balaban J connectivity index is 2.45. The summed E-state index contributed by atoms with van der Waals surface area (Å²) < 4.78 is 3.89. The molecule has 1 amide bonds. The molecular formula is C10H10N2OS2. The van der Waals surface area contributed by atoms with Gasteiger partial charge in [-0.3, -0.25) is 4.79 Å². The summed E-state index contributed by atoms with van der Waals surface area (Å²) in [6, 6.07) is 7.97. The highest BCUT2D eigenvalue weighted by Crippen LogP contribution is 2.22. The van der Waals surface area contributed by atoms with Gasteiger partial charge in [0, 0.05) is 13.0 Å². The summed E-state index contributed by atoms with van der Waals surface area (Å²) in [5, 5.41) is 0. The highest BCUT2D eigenvalue weighted by Gasteiger charge is 2.04. The molecular weight excluding hydrogens is 228 g/mol. The lowest BCUT2D eigenvalue weighted by molar-refractivity contribution is -0.118. The molecule has 0 aliphatic carbocycles. The molecule has 1 aromatic carbocycles. The second-order valence-electron chi connectivity index (χ2n) is 3.20. The van der Waals surface area contributed by atoms with Crippen molar-refractivity contribution < 1.29 is 4.79 Å². The largest absolute Gasteiger partial charge is 0.370 e. The number of carbonyl (C=O) groups is 1. The van der Waals surface area contributed by atoms with Crippen LogP contribution in [0, 0.1) is 3.95 Å². The van der Waals surface area contributed by atoms with Crippen LogP contribution in [0.15, 0.2) is 24.3 Å². The molecule has 0 bridgehead atoms.